The molecule has 1 aromatic heterocycles. The summed E-state index contributed by atoms with van der Waals surface area (Å²) in [6.45, 7) is 4.15. The van der Waals surface area contributed by atoms with Crippen molar-refractivity contribution in [2.45, 2.75) is 26.5 Å². The minimum Gasteiger partial charge on any atom is -0.447 e. The molecule has 0 aromatic carbocycles. The number of hydrogen-bond acceptors (Lipinski definition) is 2. The van der Waals surface area contributed by atoms with Crippen LogP contribution < -0.4 is 5.32 Å². The van der Waals surface area contributed by atoms with Gasteiger partial charge in [0.2, 0.25) is 0 Å². The lowest BCUT2D eigenvalue weighted by Gasteiger charge is -2.08. The number of amides is 1. The molecule has 0 bridgehead atoms. The van der Waals surface area contributed by atoms with Crippen molar-refractivity contribution in [1.29, 1.82) is 0 Å². The Bertz CT molecular complexity index is 305. The van der Waals surface area contributed by atoms with Gasteiger partial charge in [0.1, 0.15) is 0 Å². The highest BCUT2D eigenvalue weighted by atomic mass is 16.6. The first-order valence-corrected chi connectivity index (χ1v) is 4.63. The highest BCUT2D eigenvalue weighted by Crippen LogP contribution is 1.99. The smallest absolute Gasteiger partial charge is 0.407 e. The van der Waals surface area contributed by atoms with Gasteiger partial charge in [-0.25, -0.2) is 4.79 Å². The zero-order valence-corrected chi connectivity index (χ0v) is 8.78. The molecule has 1 N–H and O–H groups in total. The third-order valence-corrected chi connectivity index (χ3v) is 1.67. The van der Waals surface area contributed by atoms with E-state index in [0.717, 1.165) is 5.56 Å². The minimum absolute atomic E-state index is 0.0780. The van der Waals surface area contributed by atoms with Crippen molar-refractivity contribution in [3.8, 4) is 0 Å². The first-order chi connectivity index (χ1) is 6.58. The summed E-state index contributed by atoms with van der Waals surface area (Å²) in [5, 5.41) is 2.67. The molecule has 1 heterocycles. The van der Waals surface area contributed by atoms with Crippen LogP contribution in [0.15, 0.2) is 18.5 Å². The molecule has 0 aliphatic carbocycles. The van der Waals surface area contributed by atoms with E-state index in [1.54, 1.807) is 0 Å². The fourth-order valence-electron chi connectivity index (χ4n) is 1.10. The Morgan fingerprint density at radius 3 is 2.86 bits per heavy atom. The molecule has 1 aromatic rings. The summed E-state index contributed by atoms with van der Waals surface area (Å²) in [4.78, 5) is 11.1. The summed E-state index contributed by atoms with van der Waals surface area (Å²) in [5.41, 5.74) is 1.06. The van der Waals surface area contributed by atoms with Crippen LogP contribution in [0.25, 0.3) is 0 Å². The van der Waals surface area contributed by atoms with E-state index < -0.39 is 0 Å². The topological polar surface area (TPSA) is 43.3 Å². The van der Waals surface area contributed by atoms with Crippen LogP contribution in [0.4, 0.5) is 4.79 Å². The first-order valence-electron chi connectivity index (χ1n) is 4.63. The van der Waals surface area contributed by atoms with Gasteiger partial charge in [-0.15, -0.1) is 0 Å². The average molecular weight is 196 g/mol. The number of aryl methyl sites for hydroxylation is 1. The number of nitrogens with one attached hydrogen (secondary N) is 1. The Morgan fingerprint density at radius 1 is 1.64 bits per heavy atom. The molecule has 14 heavy (non-hydrogen) atoms. The van der Waals surface area contributed by atoms with Crippen LogP contribution in [0.5, 0.6) is 0 Å². The van der Waals surface area contributed by atoms with E-state index in [4.69, 9.17) is 4.74 Å². The molecular weight excluding hydrogens is 180 g/mol. The molecular formula is C10H16N2O2. The highest BCUT2D eigenvalue weighted by molar-refractivity contribution is 5.67. The molecule has 0 fully saturated rings. The first kappa shape index (κ1) is 10.6. The second-order valence-corrected chi connectivity index (χ2v) is 3.49. The predicted molar refractivity (Wildman–Crippen MR) is 53.9 cm³/mol. The monoisotopic (exact) mass is 196 g/mol. The number of alkyl carbamates (subject to hydrolysis) is 1. The normalized spacial score (nSPS) is 10.3. The summed E-state index contributed by atoms with van der Waals surface area (Å²) in [6, 6.07) is 1.95. The van der Waals surface area contributed by atoms with Gasteiger partial charge in [0.05, 0.1) is 6.10 Å². The van der Waals surface area contributed by atoms with Crippen molar-refractivity contribution in [1.82, 2.24) is 9.88 Å². The van der Waals surface area contributed by atoms with Crippen molar-refractivity contribution in [3.05, 3.63) is 24.0 Å². The summed E-state index contributed by atoms with van der Waals surface area (Å²) >= 11 is 0. The van der Waals surface area contributed by atoms with E-state index in [-0.39, 0.29) is 12.2 Å². The number of ether oxygens (including phenoxy) is 1. The molecule has 0 radical (unpaired) electrons. The maximum absolute atomic E-state index is 11.1. The minimum atomic E-state index is -0.371. The van der Waals surface area contributed by atoms with E-state index in [9.17, 15) is 4.79 Å². The second kappa shape index (κ2) is 4.69. The number of nitrogens with zero attached hydrogens (tertiary/aromatic N) is 1. The molecule has 0 atom stereocenters. The van der Waals surface area contributed by atoms with Crippen LogP contribution >= 0.6 is 0 Å². The molecule has 78 valence electrons. The largest absolute Gasteiger partial charge is 0.447 e. The van der Waals surface area contributed by atoms with Gasteiger partial charge in [-0.2, -0.15) is 0 Å². The Morgan fingerprint density at radius 2 is 2.36 bits per heavy atom. The molecule has 0 aliphatic rings. The summed E-state index contributed by atoms with van der Waals surface area (Å²) in [7, 11) is 1.94. The summed E-state index contributed by atoms with van der Waals surface area (Å²) in [5.74, 6) is 0. The number of hydrogen-bond donors (Lipinski definition) is 1. The summed E-state index contributed by atoms with van der Waals surface area (Å²) < 4.78 is 6.86. The maximum atomic E-state index is 11.1. The Labute approximate surface area is 83.9 Å². The zero-order chi connectivity index (χ0) is 10.6. The third kappa shape index (κ3) is 3.51. The van der Waals surface area contributed by atoms with Crippen molar-refractivity contribution >= 4 is 6.09 Å². The fraction of sp³-hybridized carbons (Fsp3) is 0.500. The van der Waals surface area contributed by atoms with Gasteiger partial charge >= 0.3 is 6.09 Å². The molecule has 0 unspecified atom stereocenters. The van der Waals surface area contributed by atoms with Crippen molar-refractivity contribution in [3.63, 3.8) is 0 Å². The van der Waals surface area contributed by atoms with Gasteiger partial charge in [0.15, 0.2) is 0 Å². The molecule has 0 aliphatic heterocycles. The Balaban J connectivity index is 2.30. The van der Waals surface area contributed by atoms with Crippen LogP contribution in [0.3, 0.4) is 0 Å². The van der Waals surface area contributed by atoms with Gasteiger partial charge in [-0.05, 0) is 25.5 Å². The van der Waals surface area contributed by atoms with E-state index in [1.807, 2.05) is 43.9 Å². The molecule has 1 amide bonds. The quantitative estimate of drug-likeness (QED) is 0.799. The lowest BCUT2D eigenvalue weighted by molar-refractivity contribution is 0.115. The van der Waals surface area contributed by atoms with Crippen LogP contribution in [0.1, 0.15) is 19.4 Å². The van der Waals surface area contributed by atoms with Crippen molar-refractivity contribution < 1.29 is 9.53 Å². The zero-order valence-electron chi connectivity index (χ0n) is 8.78. The highest BCUT2D eigenvalue weighted by Gasteiger charge is 2.04. The Kier molecular flexibility index (Phi) is 3.56. The van der Waals surface area contributed by atoms with E-state index in [1.165, 1.54) is 0 Å². The Hall–Kier alpha value is -1.45. The van der Waals surface area contributed by atoms with E-state index >= 15 is 0 Å². The molecule has 1 rings (SSSR count). The number of carbonyl (C=O) groups excluding carboxylic acids is 1. The molecule has 4 heteroatoms. The van der Waals surface area contributed by atoms with Gasteiger partial charge < -0.3 is 14.6 Å². The summed E-state index contributed by atoms with van der Waals surface area (Å²) in [6.07, 6.45) is 3.44. The molecule has 4 nitrogen and oxygen atoms in total. The molecule has 0 saturated heterocycles. The van der Waals surface area contributed by atoms with E-state index in [2.05, 4.69) is 5.32 Å². The van der Waals surface area contributed by atoms with Crippen LogP contribution in [-0.2, 0) is 18.3 Å². The van der Waals surface area contributed by atoms with Gasteiger partial charge in [0.25, 0.3) is 0 Å². The van der Waals surface area contributed by atoms with Crippen LogP contribution in [0.2, 0.25) is 0 Å². The molecule has 0 saturated carbocycles. The van der Waals surface area contributed by atoms with Crippen LogP contribution in [0, 0.1) is 0 Å². The van der Waals surface area contributed by atoms with E-state index in [0.29, 0.717) is 6.54 Å². The predicted octanol–water partition coefficient (Wildman–Crippen LogP) is 1.66. The standard InChI is InChI=1S/C10H16N2O2/c1-8(2)14-10(13)11-6-9-4-5-12(3)7-9/h4-5,7-8H,6H2,1-3H3,(H,11,13). The molecule has 0 spiro atoms. The van der Waals surface area contributed by atoms with Crippen molar-refractivity contribution in [2.24, 2.45) is 7.05 Å². The lowest BCUT2D eigenvalue weighted by atomic mass is 10.3. The number of carbonyl (C=O) groups is 1. The van der Waals surface area contributed by atoms with Gasteiger partial charge in [-0.3, -0.25) is 0 Å². The number of aromatic nitrogens is 1. The lowest BCUT2D eigenvalue weighted by Crippen LogP contribution is -2.26. The van der Waals surface area contributed by atoms with Gasteiger partial charge in [-0.1, -0.05) is 0 Å². The SMILES string of the molecule is CC(C)OC(=O)NCc1ccn(C)c1. The average Bonchev–Trinajstić information content (AvgIpc) is 2.47. The second-order valence-electron chi connectivity index (χ2n) is 3.49. The van der Waals surface area contributed by atoms with Gasteiger partial charge in [0, 0.05) is 26.0 Å². The number of rotatable bonds is 3. The fourth-order valence-corrected chi connectivity index (χ4v) is 1.10. The third-order valence-electron chi connectivity index (χ3n) is 1.67. The maximum Gasteiger partial charge on any atom is 0.407 e. The van der Waals surface area contributed by atoms with Crippen LogP contribution in [-0.4, -0.2) is 16.8 Å². The van der Waals surface area contributed by atoms with Crippen molar-refractivity contribution in [2.75, 3.05) is 0 Å².